The highest BCUT2D eigenvalue weighted by atomic mass is 35.5. The average Bonchev–Trinajstić information content (AvgIpc) is 2.21. The SMILES string of the molecule is CCOc1cc(Cl)cc(C#N)c1OC(C)C. The van der Waals surface area contributed by atoms with E-state index in [0.29, 0.717) is 28.7 Å². The van der Waals surface area contributed by atoms with Gasteiger partial charge in [0.1, 0.15) is 6.07 Å². The number of ether oxygens (including phenoxy) is 2. The average molecular weight is 240 g/mol. The molecule has 0 aliphatic rings. The Morgan fingerprint density at radius 3 is 2.62 bits per heavy atom. The van der Waals surface area contributed by atoms with Crippen molar-refractivity contribution in [2.24, 2.45) is 0 Å². The van der Waals surface area contributed by atoms with Crippen molar-refractivity contribution >= 4 is 11.6 Å². The summed E-state index contributed by atoms with van der Waals surface area (Å²) in [7, 11) is 0. The quantitative estimate of drug-likeness (QED) is 0.809. The Labute approximate surface area is 101 Å². The minimum absolute atomic E-state index is 0.0209. The molecule has 0 saturated carbocycles. The molecule has 0 fully saturated rings. The predicted octanol–water partition coefficient (Wildman–Crippen LogP) is 3.40. The van der Waals surface area contributed by atoms with Gasteiger partial charge in [0.05, 0.1) is 18.3 Å². The van der Waals surface area contributed by atoms with Crippen LogP contribution in [0, 0.1) is 11.3 Å². The fraction of sp³-hybridized carbons (Fsp3) is 0.417. The number of benzene rings is 1. The first kappa shape index (κ1) is 12.7. The van der Waals surface area contributed by atoms with Crippen LogP contribution in [-0.2, 0) is 0 Å². The van der Waals surface area contributed by atoms with Gasteiger partial charge in [0.2, 0.25) is 0 Å². The van der Waals surface area contributed by atoms with Crippen molar-refractivity contribution in [3.63, 3.8) is 0 Å². The van der Waals surface area contributed by atoms with Crippen molar-refractivity contribution in [3.05, 3.63) is 22.7 Å². The molecule has 0 radical (unpaired) electrons. The van der Waals surface area contributed by atoms with Gasteiger partial charge in [-0.1, -0.05) is 11.6 Å². The van der Waals surface area contributed by atoms with Gasteiger partial charge in [-0.3, -0.25) is 0 Å². The Morgan fingerprint density at radius 1 is 1.44 bits per heavy atom. The van der Waals surface area contributed by atoms with Gasteiger partial charge in [0, 0.05) is 11.1 Å². The molecule has 0 unspecified atom stereocenters. The van der Waals surface area contributed by atoms with Gasteiger partial charge in [0.25, 0.3) is 0 Å². The third kappa shape index (κ3) is 3.04. The number of hydrogen-bond donors (Lipinski definition) is 0. The van der Waals surface area contributed by atoms with Crippen LogP contribution in [0.1, 0.15) is 26.3 Å². The van der Waals surface area contributed by atoms with Crippen LogP contribution in [0.25, 0.3) is 0 Å². The molecule has 1 rings (SSSR count). The first-order chi connectivity index (χ1) is 7.58. The lowest BCUT2D eigenvalue weighted by Gasteiger charge is -2.15. The molecule has 4 heteroatoms. The molecule has 0 heterocycles. The van der Waals surface area contributed by atoms with Crippen LogP contribution in [0.2, 0.25) is 5.02 Å². The fourth-order valence-corrected chi connectivity index (χ4v) is 1.48. The van der Waals surface area contributed by atoms with Gasteiger partial charge in [-0.15, -0.1) is 0 Å². The molecule has 0 aliphatic carbocycles. The Balaban J connectivity index is 3.22. The van der Waals surface area contributed by atoms with E-state index in [2.05, 4.69) is 6.07 Å². The van der Waals surface area contributed by atoms with Gasteiger partial charge < -0.3 is 9.47 Å². The van der Waals surface area contributed by atoms with Gasteiger partial charge in [0.15, 0.2) is 11.5 Å². The van der Waals surface area contributed by atoms with Crippen molar-refractivity contribution in [2.75, 3.05) is 6.61 Å². The molecule has 16 heavy (non-hydrogen) atoms. The summed E-state index contributed by atoms with van der Waals surface area (Å²) in [6.45, 7) is 6.16. The Morgan fingerprint density at radius 2 is 2.12 bits per heavy atom. The maximum absolute atomic E-state index is 9.00. The normalized spacial score (nSPS) is 10.0. The molecule has 0 atom stereocenters. The Bertz CT molecular complexity index is 410. The lowest BCUT2D eigenvalue weighted by atomic mass is 10.2. The number of nitriles is 1. The summed E-state index contributed by atoms with van der Waals surface area (Å²) < 4.78 is 11.0. The van der Waals surface area contributed by atoms with Crippen LogP contribution in [-0.4, -0.2) is 12.7 Å². The highest BCUT2D eigenvalue weighted by molar-refractivity contribution is 6.30. The summed E-state index contributed by atoms with van der Waals surface area (Å²) >= 11 is 5.89. The minimum Gasteiger partial charge on any atom is -0.490 e. The van der Waals surface area contributed by atoms with E-state index in [4.69, 9.17) is 26.3 Å². The lowest BCUT2D eigenvalue weighted by Crippen LogP contribution is -2.08. The van der Waals surface area contributed by atoms with Crippen molar-refractivity contribution < 1.29 is 9.47 Å². The number of hydrogen-bond acceptors (Lipinski definition) is 3. The van der Waals surface area contributed by atoms with Crippen molar-refractivity contribution in [2.45, 2.75) is 26.9 Å². The second-order valence-electron chi connectivity index (χ2n) is 3.49. The highest BCUT2D eigenvalue weighted by Gasteiger charge is 2.14. The molecule has 0 aliphatic heterocycles. The molecule has 3 nitrogen and oxygen atoms in total. The topological polar surface area (TPSA) is 42.2 Å². The van der Waals surface area contributed by atoms with Crippen LogP contribution in [0.3, 0.4) is 0 Å². The zero-order valence-electron chi connectivity index (χ0n) is 9.58. The molecular weight excluding hydrogens is 226 g/mol. The Hall–Kier alpha value is -1.40. The number of halogens is 1. The second kappa shape index (κ2) is 5.62. The van der Waals surface area contributed by atoms with Crippen LogP contribution in [0.4, 0.5) is 0 Å². The summed E-state index contributed by atoms with van der Waals surface area (Å²) in [5.41, 5.74) is 0.393. The van der Waals surface area contributed by atoms with Crippen LogP contribution < -0.4 is 9.47 Å². The fourth-order valence-electron chi connectivity index (χ4n) is 1.27. The van der Waals surface area contributed by atoms with E-state index >= 15 is 0 Å². The standard InChI is InChI=1S/C12H14ClNO2/c1-4-15-11-6-10(13)5-9(7-14)12(11)16-8(2)3/h5-6,8H,4H2,1-3H3. The minimum atomic E-state index is -0.0209. The van der Waals surface area contributed by atoms with Crippen molar-refractivity contribution in [1.29, 1.82) is 5.26 Å². The molecular formula is C12H14ClNO2. The van der Waals surface area contributed by atoms with E-state index < -0.39 is 0 Å². The summed E-state index contributed by atoms with van der Waals surface area (Å²) in [5, 5.41) is 9.47. The monoisotopic (exact) mass is 239 g/mol. The van der Waals surface area contributed by atoms with Gasteiger partial charge in [-0.05, 0) is 26.8 Å². The van der Waals surface area contributed by atoms with Gasteiger partial charge in [-0.25, -0.2) is 0 Å². The predicted molar refractivity (Wildman–Crippen MR) is 63.1 cm³/mol. The number of nitrogens with zero attached hydrogens (tertiary/aromatic N) is 1. The third-order valence-corrected chi connectivity index (χ3v) is 2.01. The lowest BCUT2D eigenvalue weighted by molar-refractivity contribution is 0.223. The molecule has 1 aromatic carbocycles. The first-order valence-corrected chi connectivity index (χ1v) is 5.49. The third-order valence-electron chi connectivity index (χ3n) is 1.79. The maximum atomic E-state index is 9.00. The molecule has 86 valence electrons. The van der Waals surface area contributed by atoms with E-state index in [9.17, 15) is 0 Å². The largest absolute Gasteiger partial charge is 0.490 e. The van der Waals surface area contributed by atoms with Gasteiger partial charge >= 0.3 is 0 Å². The van der Waals surface area contributed by atoms with Gasteiger partial charge in [-0.2, -0.15) is 5.26 Å². The van der Waals surface area contributed by atoms with Crippen LogP contribution in [0.15, 0.2) is 12.1 Å². The number of rotatable bonds is 4. The van der Waals surface area contributed by atoms with E-state index in [-0.39, 0.29) is 6.10 Å². The van der Waals surface area contributed by atoms with E-state index in [1.54, 1.807) is 12.1 Å². The van der Waals surface area contributed by atoms with Crippen molar-refractivity contribution in [1.82, 2.24) is 0 Å². The second-order valence-corrected chi connectivity index (χ2v) is 3.93. The first-order valence-electron chi connectivity index (χ1n) is 5.11. The maximum Gasteiger partial charge on any atom is 0.179 e. The summed E-state index contributed by atoms with van der Waals surface area (Å²) in [6, 6.07) is 5.28. The molecule has 1 aromatic rings. The van der Waals surface area contributed by atoms with E-state index in [1.165, 1.54) is 0 Å². The molecule has 0 N–H and O–H groups in total. The van der Waals surface area contributed by atoms with Crippen LogP contribution >= 0.6 is 11.6 Å². The summed E-state index contributed by atoms with van der Waals surface area (Å²) in [5.74, 6) is 0.976. The van der Waals surface area contributed by atoms with Crippen molar-refractivity contribution in [3.8, 4) is 17.6 Å². The Kier molecular flexibility index (Phi) is 4.45. The van der Waals surface area contributed by atoms with Crippen LogP contribution in [0.5, 0.6) is 11.5 Å². The molecule has 0 saturated heterocycles. The zero-order chi connectivity index (χ0) is 12.1. The molecule has 0 aromatic heterocycles. The van der Waals surface area contributed by atoms with E-state index in [1.807, 2.05) is 20.8 Å². The molecule has 0 bridgehead atoms. The molecule has 0 spiro atoms. The zero-order valence-corrected chi connectivity index (χ0v) is 10.3. The van der Waals surface area contributed by atoms with E-state index in [0.717, 1.165) is 0 Å². The molecule has 0 amide bonds. The summed E-state index contributed by atoms with van der Waals surface area (Å²) in [6.07, 6.45) is -0.0209. The smallest absolute Gasteiger partial charge is 0.179 e. The summed E-state index contributed by atoms with van der Waals surface area (Å²) in [4.78, 5) is 0. The highest BCUT2D eigenvalue weighted by Crippen LogP contribution is 2.35.